The number of allylic oxidation sites excluding steroid dienone is 4. The lowest BCUT2D eigenvalue weighted by atomic mass is 10.0. The van der Waals surface area contributed by atoms with Crippen LogP contribution in [0.15, 0.2) is 24.3 Å². The van der Waals surface area contributed by atoms with Gasteiger partial charge < -0.3 is 18.9 Å². The number of phosphoric acid groups is 1. The van der Waals surface area contributed by atoms with Crippen LogP contribution in [0.3, 0.4) is 0 Å². The highest BCUT2D eigenvalue weighted by Gasteiger charge is 2.27. The molecule has 1 N–H and O–H groups in total. The minimum absolute atomic E-state index is 0.0359. The second kappa shape index (κ2) is 73.7. The van der Waals surface area contributed by atoms with Crippen LogP contribution in [0.25, 0.3) is 0 Å². The Morgan fingerprint density at radius 3 is 0.804 bits per heavy atom. The SMILES string of the molecule is CCCCCCCCCC/C=C\CCCCCCCCCCCCCCCCCCCCCCCCCCCCCCCC(=O)OC(COC(=O)CCCCCCCCCCCCCCCCC/C=C\CCCCCCCCCC)COP(=O)(O)OCC[N+](C)(C)C. The highest BCUT2D eigenvalue weighted by Crippen LogP contribution is 2.43. The quantitative estimate of drug-likeness (QED) is 0.0211. The number of phosphoric ester groups is 1. The third-order valence-electron chi connectivity index (χ3n) is 19.0. The van der Waals surface area contributed by atoms with Crippen molar-refractivity contribution in [2.45, 2.75) is 444 Å². The highest BCUT2D eigenvalue weighted by atomic mass is 31.2. The number of hydrogen-bond acceptors (Lipinski definition) is 7. The maximum Gasteiger partial charge on any atom is 0.472 e. The van der Waals surface area contributed by atoms with Gasteiger partial charge >= 0.3 is 19.8 Å². The zero-order chi connectivity index (χ0) is 66.9. The number of nitrogens with zero attached hydrogens (tertiary/aromatic N) is 1. The van der Waals surface area contributed by atoms with Gasteiger partial charge in [0.25, 0.3) is 0 Å². The van der Waals surface area contributed by atoms with Gasteiger partial charge in [0.15, 0.2) is 6.10 Å². The number of rotatable bonds is 78. The van der Waals surface area contributed by atoms with Crippen molar-refractivity contribution in [2.24, 2.45) is 0 Å². The standard InChI is InChI=1S/C82H160NO8P/c1-6-8-10-12-14-16-18-20-22-24-26-28-30-32-34-35-36-37-38-39-40-41-42-43-44-45-46-47-49-51-53-55-57-59-61-63-65-67-69-71-73-75-82(85)91-80(79-90-92(86,87)89-77-76-83(3,4)5)78-88-81(84)74-72-70-68-66-64-62-60-58-56-54-52-50-48-33-31-29-27-25-23-21-19-17-15-13-11-9-7-2/h24-27,80H,6-23,28-79H2,1-5H3/p+1/b26-24-,27-25-. The topological polar surface area (TPSA) is 108 Å². The summed E-state index contributed by atoms with van der Waals surface area (Å²) < 4.78 is 34.8. The molecule has 0 aromatic carbocycles. The summed E-state index contributed by atoms with van der Waals surface area (Å²) in [5, 5.41) is 0. The molecule has 92 heavy (non-hydrogen) atoms. The summed E-state index contributed by atoms with van der Waals surface area (Å²) in [5.41, 5.74) is 0. The van der Waals surface area contributed by atoms with Crippen molar-refractivity contribution in [3.63, 3.8) is 0 Å². The van der Waals surface area contributed by atoms with E-state index in [1.807, 2.05) is 21.1 Å². The normalized spacial score (nSPS) is 13.1. The Kier molecular flexibility index (Phi) is 72.5. The number of hydrogen-bond donors (Lipinski definition) is 1. The molecule has 0 saturated heterocycles. The molecule has 2 atom stereocenters. The van der Waals surface area contributed by atoms with Crippen molar-refractivity contribution in [1.29, 1.82) is 0 Å². The number of unbranched alkanes of at least 4 members (excludes halogenated alkanes) is 60. The third-order valence-corrected chi connectivity index (χ3v) is 19.9. The van der Waals surface area contributed by atoms with Crippen LogP contribution in [0, 0.1) is 0 Å². The number of carbonyl (C=O) groups is 2. The molecule has 0 aliphatic rings. The summed E-state index contributed by atoms with van der Waals surface area (Å²) >= 11 is 0. The number of esters is 2. The average molecular weight is 1320 g/mol. The number of ether oxygens (including phenoxy) is 2. The number of quaternary nitrogens is 1. The minimum atomic E-state index is -4.39. The summed E-state index contributed by atoms with van der Waals surface area (Å²) in [6.07, 6.45) is 94.9. The van der Waals surface area contributed by atoms with Crippen molar-refractivity contribution in [1.82, 2.24) is 0 Å². The second-order valence-electron chi connectivity index (χ2n) is 29.5. The number of likely N-dealkylation sites (N-methyl/N-ethyl adjacent to an activating group) is 1. The predicted octanol–water partition coefficient (Wildman–Crippen LogP) is 27.2. The Morgan fingerprint density at radius 2 is 0.554 bits per heavy atom. The molecular formula is C82H161NO8P+. The fourth-order valence-corrected chi connectivity index (χ4v) is 13.4. The molecule has 0 rings (SSSR count). The largest absolute Gasteiger partial charge is 0.472 e. The Bertz CT molecular complexity index is 1600. The first kappa shape index (κ1) is 90.5. The molecule has 9 nitrogen and oxygen atoms in total. The number of carbonyl (C=O) groups excluding carboxylic acids is 2. The van der Waals surface area contributed by atoms with Gasteiger partial charge in [-0.05, 0) is 64.2 Å². The van der Waals surface area contributed by atoms with Crippen molar-refractivity contribution in [2.75, 3.05) is 47.5 Å². The lowest BCUT2D eigenvalue weighted by Crippen LogP contribution is -2.37. The summed E-state index contributed by atoms with van der Waals surface area (Å²) in [5.74, 6) is -0.770. The van der Waals surface area contributed by atoms with Crippen LogP contribution in [0.2, 0.25) is 0 Å². The van der Waals surface area contributed by atoms with E-state index in [9.17, 15) is 19.0 Å². The van der Waals surface area contributed by atoms with Gasteiger partial charge in [-0.2, -0.15) is 0 Å². The highest BCUT2D eigenvalue weighted by molar-refractivity contribution is 7.47. The molecule has 0 aromatic rings. The fourth-order valence-electron chi connectivity index (χ4n) is 12.7. The van der Waals surface area contributed by atoms with Crippen LogP contribution in [-0.2, 0) is 32.7 Å². The molecule has 10 heteroatoms. The summed E-state index contributed by atoms with van der Waals surface area (Å²) in [7, 11) is 1.50. The molecule has 0 fully saturated rings. The molecule has 0 amide bonds. The molecule has 2 unspecified atom stereocenters. The van der Waals surface area contributed by atoms with Crippen LogP contribution in [0.1, 0.15) is 438 Å². The summed E-state index contributed by atoms with van der Waals surface area (Å²) in [6, 6.07) is 0. The molecule has 0 bridgehead atoms. The lowest BCUT2D eigenvalue weighted by molar-refractivity contribution is -0.870. The van der Waals surface area contributed by atoms with Crippen LogP contribution in [-0.4, -0.2) is 74.9 Å². The van der Waals surface area contributed by atoms with Crippen molar-refractivity contribution in [3.8, 4) is 0 Å². The average Bonchev–Trinajstić information content (AvgIpc) is 2.23. The van der Waals surface area contributed by atoms with Crippen LogP contribution in [0.5, 0.6) is 0 Å². The molecule has 546 valence electrons. The monoisotopic (exact) mass is 1320 g/mol. The fraction of sp³-hybridized carbons (Fsp3) is 0.927. The van der Waals surface area contributed by atoms with Gasteiger partial charge in [0.05, 0.1) is 27.7 Å². The van der Waals surface area contributed by atoms with Gasteiger partial charge in [-0.15, -0.1) is 0 Å². The summed E-state index contributed by atoms with van der Waals surface area (Å²) in [6.45, 7) is 4.52. The van der Waals surface area contributed by atoms with Gasteiger partial charge in [-0.25, -0.2) is 4.57 Å². The molecule has 0 aliphatic carbocycles. The van der Waals surface area contributed by atoms with E-state index < -0.39 is 26.5 Å². The zero-order valence-corrected chi connectivity index (χ0v) is 63.5. The maximum absolute atomic E-state index is 12.9. The van der Waals surface area contributed by atoms with Gasteiger partial charge in [0.1, 0.15) is 19.8 Å². The van der Waals surface area contributed by atoms with Gasteiger partial charge in [-0.3, -0.25) is 18.6 Å². The summed E-state index contributed by atoms with van der Waals surface area (Å²) in [4.78, 5) is 36.0. The van der Waals surface area contributed by atoms with E-state index in [1.54, 1.807) is 0 Å². The molecule has 0 radical (unpaired) electrons. The van der Waals surface area contributed by atoms with E-state index in [0.717, 1.165) is 38.5 Å². The van der Waals surface area contributed by atoms with E-state index in [-0.39, 0.29) is 25.6 Å². The van der Waals surface area contributed by atoms with E-state index in [4.69, 9.17) is 18.5 Å². The molecule has 0 heterocycles. The van der Waals surface area contributed by atoms with Gasteiger partial charge in [-0.1, -0.05) is 385 Å². The zero-order valence-electron chi connectivity index (χ0n) is 62.6. The smallest absolute Gasteiger partial charge is 0.462 e. The first-order chi connectivity index (χ1) is 45.0. The maximum atomic E-state index is 12.9. The molecule has 0 aromatic heterocycles. The molecule has 0 aliphatic heterocycles. The predicted molar refractivity (Wildman–Crippen MR) is 400 cm³/mol. The Morgan fingerprint density at radius 1 is 0.326 bits per heavy atom. The first-order valence-corrected chi connectivity index (χ1v) is 42.6. The Hall–Kier alpha value is -1.51. The van der Waals surface area contributed by atoms with E-state index in [1.165, 1.54) is 372 Å². The molecular weight excluding hydrogens is 1160 g/mol. The van der Waals surface area contributed by atoms with Crippen LogP contribution >= 0.6 is 7.82 Å². The lowest BCUT2D eigenvalue weighted by Gasteiger charge is -2.24. The minimum Gasteiger partial charge on any atom is -0.462 e. The third kappa shape index (κ3) is 77.5. The van der Waals surface area contributed by atoms with Crippen LogP contribution in [0.4, 0.5) is 0 Å². The van der Waals surface area contributed by atoms with Crippen molar-refractivity contribution < 1.29 is 42.1 Å². The van der Waals surface area contributed by atoms with Crippen molar-refractivity contribution in [3.05, 3.63) is 24.3 Å². The Labute approximate surface area is 574 Å². The first-order valence-electron chi connectivity index (χ1n) is 41.1. The molecule has 0 spiro atoms. The Balaban J connectivity index is 3.86. The van der Waals surface area contributed by atoms with Gasteiger partial charge in [0.2, 0.25) is 0 Å². The molecule has 0 saturated carbocycles. The van der Waals surface area contributed by atoms with E-state index in [0.29, 0.717) is 17.4 Å². The van der Waals surface area contributed by atoms with E-state index in [2.05, 4.69) is 38.2 Å². The van der Waals surface area contributed by atoms with E-state index >= 15 is 0 Å². The second-order valence-corrected chi connectivity index (χ2v) is 31.0. The van der Waals surface area contributed by atoms with Gasteiger partial charge in [0, 0.05) is 12.8 Å². The van der Waals surface area contributed by atoms with Crippen molar-refractivity contribution >= 4 is 19.8 Å². The van der Waals surface area contributed by atoms with Crippen LogP contribution < -0.4 is 0 Å².